The fraction of sp³-hybridized carbons (Fsp3) is 0.273. The molecule has 0 aliphatic carbocycles. The van der Waals surface area contributed by atoms with Crippen LogP contribution in [0.1, 0.15) is 22.8 Å². The van der Waals surface area contributed by atoms with Crippen LogP contribution in [0.2, 0.25) is 0 Å². The summed E-state index contributed by atoms with van der Waals surface area (Å²) >= 11 is 1.36. The fourth-order valence-corrected chi connectivity index (χ4v) is 6.18. The molecule has 230 valence electrons. The van der Waals surface area contributed by atoms with Crippen molar-refractivity contribution in [3.05, 3.63) is 78.1 Å². The van der Waals surface area contributed by atoms with Crippen molar-refractivity contribution >= 4 is 33.2 Å². The van der Waals surface area contributed by atoms with Gasteiger partial charge in [0.15, 0.2) is 5.76 Å². The summed E-state index contributed by atoms with van der Waals surface area (Å²) in [4.78, 5) is 27.2. The van der Waals surface area contributed by atoms with Crippen molar-refractivity contribution in [2.24, 2.45) is 0 Å². The van der Waals surface area contributed by atoms with Gasteiger partial charge in [-0.3, -0.25) is 9.78 Å². The molecule has 1 amide bonds. The minimum Gasteiger partial charge on any atom is -0.497 e. The van der Waals surface area contributed by atoms with E-state index in [2.05, 4.69) is 26.9 Å². The van der Waals surface area contributed by atoms with Crippen molar-refractivity contribution in [2.75, 3.05) is 46.9 Å². The summed E-state index contributed by atoms with van der Waals surface area (Å²) < 4.78 is 24.9. The molecule has 4 aromatic heterocycles. The van der Waals surface area contributed by atoms with Crippen LogP contribution in [-0.2, 0) is 6.61 Å². The van der Waals surface area contributed by atoms with Crippen LogP contribution in [0.4, 0.5) is 0 Å². The summed E-state index contributed by atoms with van der Waals surface area (Å²) in [5.41, 5.74) is 4.59. The molecular formula is C33H32N6O5S. The summed E-state index contributed by atoms with van der Waals surface area (Å²) in [5.74, 6) is 2.02. The molecule has 5 heterocycles. The highest BCUT2D eigenvalue weighted by Gasteiger charge is 2.21. The molecule has 0 spiro atoms. The molecule has 45 heavy (non-hydrogen) atoms. The zero-order valence-corrected chi connectivity index (χ0v) is 26.0. The molecule has 6 aromatic rings. The Morgan fingerprint density at radius 3 is 2.51 bits per heavy atom. The highest BCUT2D eigenvalue weighted by Crippen LogP contribution is 2.34. The fourth-order valence-electron chi connectivity index (χ4n) is 5.48. The van der Waals surface area contributed by atoms with Gasteiger partial charge in [0.2, 0.25) is 4.96 Å². The van der Waals surface area contributed by atoms with Crippen LogP contribution in [0.25, 0.3) is 38.6 Å². The third-order valence-corrected chi connectivity index (χ3v) is 8.93. The number of likely N-dealkylation sites (N-methyl/N-ethyl adjacent to an activating group) is 1. The third-order valence-electron chi connectivity index (χ3n) is 8.04. The van der Waals surface area contributed by atoms with Gasteiger partial charge in [0, 0.05) is 66.6 Å². The molecule has 12 heteroatoms. The minimum absolute atomic E-state index is 0.0685. The smallest absolute Gasteiger partial charge is 0.294 e. The molecule has 1 aliphatic rings. The maximum Gasteiger partial charge on any atom is 0.294 e. The standard InChI is InChI=1S/C33H32N6O5S/c1-4-37-11-13-38(14-12-37)31(40)22-7-5-21(6-8-22)27-16-24(9-10-34-27)43-20-23-15-25(41-2)17-29-26(23)18-30(44-29)28-19-39-32(35-28)45-33(36-39)42-3/h5-10,15-19H,4,11-14,20H2,1-3H3. The number of rotatable bonds is 9. The van der Waals surface area contributed by atoms with Crippen LogP contribution in [0, 0.1) is 0 Å². The van der Waals surface area contributed by atoms with Crippen molar-refractivity contribution in [1.82, 2.24) is 29.4 Å². The summed E-state index contributed by atoms with van der Waals surface area (Å²) in [7, 11) is 3.21. The lowest BCUT2D eigenvalue weighted by Gasteiger charge is -2.34. The van der Waals surface area contributed by atoms with E-state index in [4.69, 9.17) is 18.6 Å². The number of carbonyl (C=O) groups excluding carboxylic acids is 1. The Morgan fingerprint density at radius 2 is 1.78 bits per heavy atom. The second kappa shape index (κ2) is 12.2. The van der Waals surface area contributed by atoms with Gasteiger partial charge in [-0.15, -0.1) is 5.10 Å². The quantitative estimate of drug-likeness (QED) is 0.202. The van der Waals surface area contributed by atoms with E-state index in [1.807, 2.05) is 65.7 Å². The number of piperazine rings is 1. The summed E-state index contributed by atoms with van der Waals surface area (Å²) in [6.07, 6.45) is 3.54. The van der Waals surface area contributed by atoms with Gasteiger partial charge >= 0.3 is 0 Å². The highest BCUT2D eigenvalue weighted by atomic mass is 32.1. The molecule has 0 N–H and O–H groups in total. The van der Waals surface area contributed by atoms with Gasteiger partial charge in [-0.2, -0.15) is 0 Å². The predicted molar refractivity (Wildman–Crippen MR) is 171 cm³/mol. The Balaban J connectivity index is 1.07. The second-order valence-electron chi connectivity index (χ2n) is 10.7. The first-order valence-corrected chi connectivity index (χ1v) is 15.5. The Hall–Kier alpha value is -4.94. The Kier molecular flexibility index (Phi) is 7.82. The highest BCUT2D eigenvalue weighted by molar-refractivity contribution is 7.18. The molecule has 2 aromatic carbocycles. The lowest BCUT2D eigenvalue weighted by Crippen LogP contribution is -2.48. The molecule has 1 saturated heterocycles. The van der Waals surface area contributed by atoms with Gasteiger partial charge in [-0.25, -0.2) is 9.50 Å². The number of carbonyl (C=O) groups is 1. The third kappa shape index (κ3) is 5.81. The van der Waals surface area contributed by atoms with Gasteiger partial charge in [0.25, 0.3) is 11.1 Å². The molecule has 0 bridgehead atoms. The Morgan fingerprint density at radius 1 is 0.956 bits per heavy atom. The number of hydrogen-bond acceptors (Lipinski definition) is 10. The average molecular weight is 625 g/mol. The maximum atomic E-state index is 13.0. The van der Waals surface area contributed by atoms with Gasteiger partial charge in [-0.1, -0.05) is 19.1 Å². The van der Waals surface area contributed by atoms with Crippen LogP contribution in [0.5, 0.6) is 16.7 Å². The Bertz CT molecular complexity index is 1940. The molecule has 0 unspecified atom stereocenters. The number of fused-ring (bicyclic) bond motifs is 2. The maximum absolute atomic E-state index is 13.0. The number of imidazole rings is 1. The monoisotopic (exact) mass is 624 g/mol. The number of ether oxygens (including phenoxy) is 3. The number of pyridine rings is 1. The van der Waals surface area contributed by atoms with Crippen LogP contribution < -0.4 is 14.2 Å². The summed E-state index contributed by atoms with van der Waals surface area (Å²) in [6.45, 7) is 6.79. The summed E-state index contributed by atoms with van der Waals surface area (Å²) in [6, 6.07) is 17.1. The first kappa shape index (κ1) is 28.8. The molecule has 1 fully saturated rings. The SMILES string of the molecule is CCN1CCN(C(=O)c2ccc(-c3cc(OCc4cc(OC)cc5oc(-c6cn7nc(OC)sc7n6)cc45)ccn3)cc2)CC1. The lowest BCUT2D eigenvalue weighted by molar-refractivity contribution is 0.0643. The zero-order valence-electron chi connectivity index (χ0n) is 25.2. The van der Waals surface area contributed by atoms with Gasteiger partial charge < -0.3 is 28.4 Å². The van der Waals surface area contributed by atoms with Crippen LogP contribution in [0.15, 0.2) is 71.4 Å². The van der Waals surface area contributed by atoms with E-state index >= 15 is 0 Å². The molecular weight excluding hydrogens is 592 g/mol. The van der Waals surface area contributed by atoms with E-state index < -0.39 is 0 Å². The molecule has 0 saturated carbocycles. The van der Waals surface area contributed by atoms with Gasteiger partial charge in [0.1, 0.15) is 29.4 Å². The van der Waals surface area contributed by atoms with E-state index in [1.54, 1.807) is 24.9 Å². The normalized spacial score (nSPS) is 13.9. The van der Waals surface area contributed by atoms with E-state index in [0.717, 1.165) is 54.9 Å². The number of methoxy groups -OCH3 is 2. The van der Waals surface area contributed by atoms with Gasteiger partial charge in [-0.05, 0) is 48.2 Å². The van der Waals surface area contributed by atoms with E-state index in [-0.39, 0.29) is 12.5 Å². The molecule has 11 nitrogen and oxygen atoms in total. The van der Waals surface area contributed by atoms with E-state index in [1.165, 1.54) is 11.3 Å². The first-order valence-electron chi connectivity index (χ1n) is 14.7. The topological polar surface area (TPSA) is 107 Å². The largest absolute Gasteiger partial charge is 0.497 e. The zero-order chi connectivity index (χ0) is 30.9. The lowest BCUT2D eigenvalue weighted by atomic mass is 10.1. The molecule has 1 aliphatic heterocycles. The molecule has 0 atom stereocenters. The molecule has 7 rings (SSSR count). The van der Waals surface area contributed by atoms with E-state index in [0.29, 0.717) is 44.3 Å². The second-order valence-corrected chi connectivity index (χ2v) is 11.6. The van der Waals surface area contributed by atoms with Crippen molar-refractivity contribution in [3.63, 3.8) is 0 Å². The van der Waals surface area contributed by atoms with Gasteiger partial charge in [0.05, 0.1) is 26.1 Å². The van der Waals surface area contributed by atoms with Crippen molar-refractivity contribution in [1.29, 1.82) is 0 Å². The number of amides is 1. The van der Waals surface area contributed by atoms with Crippen LogP contribution in [0.3, 0.4) is 0 Å². The minimum atomic E-state index is 0.0685. The number of nitrogens with zero attached hydrogens (tertiary/aromatic N) is 6. The first-order chi connectivity index (χ1) is 22.0. The average Bonchev–Trinajstić information content (AvgIpc) is 3.80. The van der Waals surface area contributed by atoms with E-state index in [9.17, 15) is 4.79 Å². The molecule has 0 radical (unpaired) electrons. The number of hydrogen-bond donors (Lipinski definition) is 0. The van der Waals surface area contributed by atoms with Crippen molar-refractivity contribution in [3.8, 4) is 39.4 Å². The van der Waals surface area contributed by atoms with Crippen molar-refractivity contribution < 1.29 is 23.4 Å². The summed E-state index contributed by atoms with van der Waals surface area (Å²) in [5, 5.41) is 5.79. The Labute approximate surface area is 263 Å². The number of aromatic nitrogens is 4. The van der Waals surface area contributed by atoms with Crippen molar-refractivity contribution in [2.45, 2.75) is 13.5 Å². The number of benzene rings is 2. The van der Waals surface area contributed by atoms with Crippen LogP contribution in [-0.4, -0.2) is 82.2 Å². The number of furan rings is 1. The van der Waals surface area contributed by atoms with Crippen LogP contribution >= 0.6 is 11.3 Å². The predicted octanol–water partition coefficient (Wildman–Crippen LogP) is 5.64.